The zero-order chi connectivity index (χ0) is 20.4. The van der Waals surface area contributed by atoms with Gasteiger partial charge in [-0.2, -0.15) is 4.98 Å². The summed E-state index contributed by atoms with van der Waals surface area (Å²) in [6.07, 6.45) is 1.26. The molecule has 9 heteroatoms. The molecule has 4 rings (SSSR count). The van der Waals surface area contributed by atoms with Crippen LogP contribution in [0.3, 0.4) is 0 Å². The molecule has 2 aromatic carbocycles. The Hall–Kier alpha value is -2.58. The van der Waals surface area contributed by atoms with Crippen molar-refractivity contribution < 1.29 is 18.7 Å². The number of aromatic nitrogens is 1. The number of thiazole rings is 1. The van der Waals surface area contributed by atoms with Crippen molar-refractivity contribution in [1.82, 2.24) is 9.88 Å². The second-order valence-electron chi connectivity index (χ2n) is 6.65. The molecule has 1 saturated heterocycles. The molecule has 1 aliphatic rings. The van der Waals surface area contributed by atoms with Gasteiger partial charge in [0.25, 0.3) is 5.19 Å². The predicted octanol–water partition coefficient (Wildman–Crippen LogP) is 5.17. The van der Waals surface area contributed by atoms with Crippen LogP contribution >= 0.6 is 22.9 Å². The molecule has 0 atom stereocenters. The number of carbonyl (C=O) groups excluding carboxylic acids is 1. The predicted molar refractivity (Wildman–Crippen MR) is 112 cm³/mol. The first-order chi connectivity index (χ1) is 14.0. The lowest BCUT2D eigenvalue weighted by molar-refractivity contribution is 0.115. The van der Waals surface area contributed by atoms with Gasteiger partial charge in [0, 0.05) is 31.0 Å². The number of nitrogens with one attached hydrogen (secondary N) is 1. The van der Waals surface area contributed by atoms with Crippen LogP contribution in [-0.4, -0.2) is 42.2 Å². The van der Waals surface area contributed by atoms with Crippen LogP contribution in [0.1, 0.15) is 12.8 Å². The number of hydrogen-bond acceptors (Lipinski definition) is 5. The number of fused-ring (bicyclic) bond motifs is 1. The number of anilines is 1. The van der Waals surface area contributed by atoms with Gasteiger partial charge in [0.05, 0.1) is 17.5 Å². The van der Waals surface area contributed by atoms with Gasteiger partial charge in [0.2, 0.25) is 0 Å². The van der Waals surface area contributed by atoms with Crippen LogP contribution < -0.4 is 14.8 Å². The topological polar surface area (TPSA) is 63.7 Å². The molecule has 0 aliphatic carbocycles. The molecule has 1 fully saturated rings. The van der Waals surface area contributed by atoms with Crippen LogP contribution in [0.25, 0.3) is 10.2 Å². The number of halogens is 2. The molecule has 1 N–H and O–H groups in total. The van der Waals surface area contributed by atoms with E-state index < -0.39 is 0 Å². The Morgan fingerprint density at radius 2 is 2.10 bits per heavy atom. The number of piperidine rings is 1. The van der Waals surface area contributed by atoms with Gasteiger partial charge in [-0.3, -0.25) is 0 Å². The zero-order valence-electron chi connectivity index (χ0n) is 15.7. The molecule has 2 amide bonds. The summed E-state index contributed by atoms with van der Waals surface area (Å²) in [4.78, 5) is 18.6. The lowest BCUT2D eigenvalue weighted by atomic mass is 10.1. The van der Waals surface area contributed by atoms with Crippen molar-refractivity contribution >= 4 is 44.9 Å². The second kappa shape index (κ2) is 8.42. The maximum Gasteiger partial charge on any atom is 0.321 e. The lowest BCUT2D eigenvalue weighted by Gasteiger charge is -2.31. The fourth-order valence-electron chi connectivity index (χ4n) is 3.24. The van der Waals surface area contributed by atoms with E-state index in [1.807, 2.05) is 6.07 Å². The summed E-state index contributed by atoms with van der Waals surface area (Å²) in [5.74, 6) is 0.195. The van der Waals surface area contributed by atoms with Crippen molar-refractivity contribution in [2.24, 2.45) is 0 Å². The van der Waals surface area contributed by atoms with E-state index in [1.54, 1.807) is 29.2 Å². The van der Waals surface area contributed by atoms with Crippen molar-refractivity contribution in [3.8, 4) is 10.9 Å². The molecule has 0 radical (unpaired) electrons. The average molecular weight is 436 g/mol. The molecule has 0 unspecified atom stereocenters. The number of benzene rings is 2. The molecule has 0 saturated carbocycles. The van der Waals surface area contributed by atoms with Crippen molar-refractivity contribution in [3.05, 3.63) is 47.2 Å². The molecular formula is C20H19ClFN3O3S. The third-order valence-electron chi connectivity index (χ3n) is 4.75. The first-order valence-corrected chi connectivity index (χ1v) is 10.3. The summed E-state index contributed by atoms with van der Waals surface area (Å²) in [5.41, 5.74) is 0.861. The molecule has 0 bridgehead atoms. The van der Waals surface area contributed by atoms with Gasteiger partial charge >= 0.3 is 6.03 Å². The van der Waals surface area contributed by atoms with E-state index in [1.165, 1.54) is 24.5 Å². The van der Waals surface area contributed by atoms with Gasteiger partial charge < -0.3 is 19.7 Å². The number of urea groups is 1. The molecule has 1 aliphatic heterocycles. The summed E-state index contributed by atoms with van der Waals surface area (Å²) in [5, 5.41) is 3.81. The molecule has 1 aromatic heterocycles. The third-order valence-corrected chi connectivity index (χ3v) is 5.90. The summed E-state index contributed by atoms with van der Waals surface area (Å²) in [7, 11) is 1.54. The fraction of sp³-hybridized carbons (Fsp3) is 0.300. The van der Waals surface area contributed by atoms with Gasteiger partial charge in [-0.1, -0.05) is 29.0 Å². The van der Waals surface area contributed by atoms with Crippen LogP contribution in [0, 0.1) is 5.82 Å². The van der Waals surface area contributed by atoms with Gasteiger partial charge in [0.15, 0.2) is 0 Å². The van der Waals surface area contributed by atoms with Crippen LogP contribution in [0.15, 0.2) is 36.4 Å². The maximum absolute atomic E-state index is 13.8. The van der Waals surface area contributed by atoms with Crippen molar-refractivity contribution in [2.45, 2.75) is 18.9 Å². The Kier molecular flexibility index (Phi) is 5.73. The minimum absolute atomic E-state index is 0.0663. The first kappa shape index (κ1) is 19.7. The number of methoxy groups -OCH3 is 1. The highest BCUT2D eigenvalue weighted by Gasteiger charge is 2.25. The Morgan fingerprint density at radius 3 is 2.83 bits per heavy atom. The summed E-state index contributed by atoms with van der Waals surface area (Å²) in [6, 6.07) is 9.71. The van der Waals surface area contributed by atoms with E-state index >= 15 is 0 Å². The van der Waals surface area contributed by atoms with E-state index in [-0.39, 0.29) is 18.0 Å². The van der Waals surface area contributed by atoms with Crippen LogP contribution in [-0.2, 0) is 0 Å². The lowest BCUT2D eigenvalue weighted by Crippen LogP contribution is -2.43. The van der Waals surface area contributed by atoms with E-state index in [0.717, 1.165) is 4.70 Å². The Balaban J connectivity index is 1.34. The van der Waals surface area contributed by atoms with Crippen LogP contribution in [0.2, 0.25) is 5.02 Å². The zero-order valence-corrected chi connectivity index (χ0v) is 17.2. The van der Waals surface area contributed by atoms with Crippen LogP contribution in [0.5, 0.6) is 10.9 Å². The standard InChI is InChI=1S/C20H19ClFN3O3S/c1-27-16-6-5-12(21)11-15(16)23-19(26)25-9-7-13(8-10-25)28-20-24-18-14(22)3-2-4-17(18)29-20/h2-6,11,13H,7-10H2,1H3,(H,23,26). The highest BCUT2D eigenvalue weighted by molar-refractivity contribution is 7.20. The summed E-state index contributed by atoms with van der Waals surface area (Å²) < 4.78 is 25.8. The van der Waals surface area contributed by atoms with Gasteiger partial charge in [0.1, 0.15) is 23.2 Å². The van der Waals surface area contributed by atoms with E-state index in [9.17, 15) is 9.18 Å². The smallest absolute Gasteiger partial charge is 0.321 e. The largest absolute Gasteiger partial charge is 0.495 e. The number of carbonyl (C=O) groups is 1. The van der Waals surface area contributed by atoms with Crippen molar-refractivity contribution in [3.63, 3.8) is 0 Å². The maximum atomic E-state index is 13.8. The normalized spacial score (nSPS) is 14.8. The number of hydrogen-bond donors (Lipinski definition) is 1. The van der Waals surface area contributed by atoms with E-state index in [2.05, 4.69) is 10.3 Å². The Bertz CT molecular complexity index is 1040. The molecule has 2 heterocycles. The minimum Gasteiger partial charge on any atom is -0.495 e. The number of nitrogens with zero attached hydrogens (tertiary/aromatic N) is 2. The van der Waals surface area contributed by atoms with Gasteiger partial charge in [-0.25, -0.2) is 9.18 Å². The number of amides is 2. The highest BCUT2D eigenvalue weighted by Crippen LogP contribution is 2.31. The monoisotopic (exact) mass is 435 g/mol. The van der Waals surface area contributed by atoms with Gasteiger partial charge in [-0.05, 0) is 30.3 Å². The number of ether oxygens (including phenoxy) is 2. The number of likely N-dealkylation sites (tertiary alicyclic amines) is 1. The first-order valence-electron chi connectivity index (χ1n) is 9.14. The molecule has 152 valence electrons. The van der Waals surface area contributed by atoms with Gasteiger partial charge in [-0.15, -0.1) is 0 Å². The molecular weight excluding hydrogens is 417 g/mol. The molecule has 3 aromatic rings. The van der Waals surface area contributed by atoms with E-state index in [0.29, 0.717) is 53.1 Å². The Morgan fingerprint density at radius 1 is 1.31 bits per heavy atom. The van der Waals surface area contributed by atoms with Crippen molar-refractivity contribution in [2.75, 3.05) is 25.5 Å². The molecule has 29 heavy (non-hydrogen) atoms. The minimum atomic E-state index is -0.350. The molecule has 0 spiro atoms. The quantitative estimate of drug-likeness (QED) is 0.613. The number of rotatable bonds is 4. The van der Waals surface area contributed by atoms with Crippen molar-refractivity contribution in [1.29, 1.82) is 0 Å². The average Bonchev–Trinajstić information content (AvgIpc) is 3.12. The SMILES string of the molecule is COc1ccc(Cl)cc1NC(=O)N1CCC(Oc2nc3c(F)cccc3s2)CC1. The molecule has 6 nitrogen and oxygen atoms in total. The Labute approximate surface area is 176 Å². The summed E-state index contributed by atoms with van der Waals surface area (Å²) >= 11 is 7.34. The number of para-hydroxylation sites is 1. The fourth-order valence-corrected chi connectivity index (χ4v) is 4.30. The van der Waals surface area contributed by atoms with E-state index in [4.69, 9.17) is 21.1 Å². The highest BCUT2D eigenvalue weighted by atomic mass is 35.5. The third kappa shape index (κ3) is 4.38. The second-order valence-corrected chi connectivity index (χ2v) is 8.07. The van der Waals surface area contributed by atoms with Crippen LogP contribution in [0.4, 0.5) is 14.9 Å². The summed E-state index contributed by atoms with van der Waals surface area (Å²) in [6.45, 7) is 1.08.